The fourth-order valence-electron chi connectivity index (χ4n) is 2.68. The molecule has 1 aliphatic carbocycles. The number of rotatable bonds is 1. The monoisotopic (exact) mass is 256 g/mol. The number of carbonyl (C=O) groups excluding carboxylic acids is 2. The van der Waals surface area contributed by atoms with E-state index in [-0.39, 0.29) is 17.3 Å². The summed E-state index contributed by atoms with van der Waals surface area (Å²) in [5.74, 6) is -0.215. The molecule has 4 heteroatoms. The maximum Gasteiger partial charge on any atom is 0.230 e. The molecule has 0 unspecified atom stereocenters. The average molecular weight is 256 g/mol. The Morgan fingerprint density at radius 1 is 1.11 bits per heavy atom. The van der Waals surface area contributed by atoms with Crippen LogP contribution in [0.3, 0.4) is 0 Å². The Morgan fingerprint density at radius 3 is 2.53 bits per heavy atom. The third-order valence-corrected chi connectivity index (χ3v) is 3.63. The van der Waals surface area contributed by atoms with E-state index in [4.69, 9.17) is 4.74 Å². The number of aryl methyl sites for hydroxylation is 1. The van der Waals surface area contributed by atoms with Crippen LogP contribution in [0.5, 0.6) is 0 Å². The summed E-state index contributed by atoms with van der Waals surface area (Å²) in [7, 11) is 1.42. The number of ketones is 2. The third-order valence-electron chi connectivity index (χ3n) is 3.63. The van der Waals surface area contributed by atoms with Crippen molar-refractivity contribution in [2.75, 3.05) is 7.11 Å². The molecule has 0 atom stereocenters. The molecule has 0 fully saturated rings. The number of allylic oxidation sites excluding steroid dienone is 2. The summed E-state index contributed by atoms with van der Waals surface area (Å²) in [4.78, 5) is 24.9. The van der Waals surface area contributed by atoms with Crippen LogP contribution in [0, 0.1) is 6.92 Å². The smallest absolute Gasteiger partial charge is 0.230 e. The fraction of sp³-hybridized carbons (Fsp3) is 0.200. The van der Waals surface area contributed by atoms with Crippen LogP contribution in [0.4, 0.5) is 0 Å². The van der Waals surface area contributed by atoms with Crippen molar-refractivity contribution in [2.24, 2.45) is 0 Å². The number of Topliss-reactive ketones (excluding diaryl/α,β-unsaturated/α-hetero) is 2. The fourth-order valence-corrected chi connectivity index (χ4v) is 2.68. The molecule has 0 radical (unpaired) electrons. The second-order valence-corrected chi connectivity index (χ2v) is 4.62. The molecule has 0 aromatic carbocycles. The number of pyridine rings is 1. The summed E-state index contributed by atoms with van der Waals surface area (Å²) in [6.07, 6.45) is 1.80. The van der Waals surface area contributed by atoms with Gasteiger partial charge >= 0.3 is 0 Å². The Kier molecular flexibility index (Phi) is 2.35. The number of hydrogen-bond acceptors (Lipinski definition) is 3. The van der Waals surface area contributed by atoms with Gasteiger partial charge in [0.15, 0.2) is 5.76 Å². The number of hydrogen-bond donors (Lipinski definition) is 0. The van der Waals surface area contributed by atoms with Gasteiger partial charge < -0.3 is 9.14 Å². The Labute approximate surface area is 110 Å². The third kappa shape index (κ3) is 1.34. The van der Waals surface area contributed by atoms with Crippen LogP contribution in [0.15, 0.2) is 35.7 Å². The molecule has 0 spiro atoms. The summed E-state index contributed by atoms with van der Waals surface area (Å²) < 4.78 is 6.87. The maximum absolute atomic E-state index is 12.4. The van der Waals surface area contributed by atoms with Crippen LogP contribution >= 0.6 is 0 Å². The van der Waals surface area contributed by atoms with Crippen molar-refractivity contribution < 1.29 is 14.3 Å². The lowest BCUT2D eigenvalue weighted by atomic mass is 9.92. The van der Waals surface area contributed by atoms with Crippen molar-refractivity contribution in [1.82, 2.24) is 4.40 Å². The second kappa shape index (κ2) is 3.82. The molecule has 0 saturated heterocycles. The first-order valence-corrected chi connectivity index (χ1v) is 6.01. The lowest BCUT2D eigenvalue weighted by Gasteiger charge is -2.16. The van der Waals surface area contributed by atoms with Gasteiger partial charge in [-0.05, 0) is 31.5 Å². The van der Waals surface area contributed by atoms with Gasteiger partial charge in [0.2, 0.25) is 11.6 Å². The van der Waals surface area contributed by atoms with Crippen molar-refractivity contribution in [3.05, 3.63) is 52.5 Å². The van der Waals surface area contributed by atoms with Gasteiger partial charge in [-0.1, -0.05) is 6.07 Å². The van der Waals surface area contributed by atoms with Gasteiger partial charge in [-0.2, -0.15) is 0 Å². The van der Waals surface area contributed by atoms with Crippen LogP contribution in [-0.2, 0) is 4.74 Å². The largest absolute Gasteiger partial charge is 0.492 e. The molecule has 2 aromatic heterocycles. The Hall–Kier alpha value is -2.36. The number of fused-ring (bicyclic) bond motifs is 3. The predicted molar refractivity (Wildman–Crippen MR) is 70.5 cm³/mol. The van der Waals surface area contributed by atoms with E-state index >= 15 is 0 Å². The zero-order valence-corrected chi connectivity index (χ0v) is 11.0. The molecule has 0 amide bonds. The SMILES string of the molecule is COC1=C(C)C(=O)c2c(c(C)c3[13cH]cccn23)C1=O. The van der Waals surface area contributed by atoms with E-state index in [1.165, 1.54) is 7.11 Å². The summed E-state index contributed by atoms with van der Waals surface area (Å²) in [5.41, 5.74) is 2.95. The maximum atomic E-state index is 12.4. The van der Waals surface area contributed by atoms with Crippen LogP contribution in [-0.4, -0.2) is 23.1 Å². The summed E-state index contributed by atoms with van der Waals surface area (Å²) in [6, 6.07) is 5.63. The molecule has 2 aromatic rings. The van der Waals surface area contributed by atoms with Crippen LogP contribution in [0.25, 0.3) is 5.52 Å². The Morgan fingerprint density at radius 2 is 1.84 bits per heavy atom. The first-order chi connectivity index (χ1) is 9.07. The molecule has 0 aliphatic heterocycles. The highest BCUT2D eigenvalue weighted by atomic mass is 16.5. The van der Waals surface area contributed by atoms with Crippen molar-refractivity contribution in [2.45, 2.75) is 13.8 Å². The topological polar surface area (TPSA) is 47.8 Å². The Balaban J connectivity index is 2.45. The molecular formula is C15H13NO3. The molecule has 0 saturated carbocycles. The Bertz CT molecular complexity index is 765. The quantitative estimate of drug-likeness (QED) is 0.787. The minimum Gasteiger partial charge on any atom is -0.492 e. The van der Waals surface area contributed by atoms with Crippen LogP contribution in [0.1, 0.15) is 33.3 Å². The summed E-state index contributed by atoms with van der Waals surface area (Å²) in [5, 5.41) is 0. The van der Waals surface area contributed by atoms with Crippen LogP contribution in [0.2, 0.25) is 0 Å². The van der Waals surface area contributed by atoms with E-state index in [0.717, 1.165) is 11.1 Å². The van der Waals surface area contributed by atoms with Crippen molar-refractivity contribution >= 4 is 17.1 Å². The van der Waals surface area contributed by atoms with E-state index in [2.05, 4.69) is 0 Å². The molecular weight excluding hydrogens is 243 g/mol. The molecule has 2 heterocycles. The zero-order valence-electron chi connectivity index (χ0n) is 11.0. The average Bonchev–Trinajstić information content (AvgIpc) is 2.71. The van der Waals surface area contributed by atoms with E-state index in [0.29, 0.717) is 16.8 Å². The molecule has 1 aliphatic rings. The van der Waals surface area contributed by atoms with Gasteiger partial charge in [-0.3, -0.25) is 9.59 Å². The lowest BCUT2D eigenvalue weighted by molar-refractivity contribution is 0.0903. The second-order valence-electron chi connectivity index (χ2n) is 4.62. The minimum atomic E-state index is -0.212. The van der Waals surface area contributed by atoms with E-state index in [1.54, 1.807) is 17.5 Å². The van der Waals surface area contributed by atoms with Crippen LogP contribution < -0.4 is 0 Å². The number of methoxy groups -OCH3 is 1. The van der Waals surface area contributed by atoms with E-state index < -0.39 is 0 Å². The first-order valence-electron chi connectivity index (χ1n) is 6.01. The molecule has 19 heavy (non-hydrogen) atoms. The van der Waals surface area contributed by atoms with Crippen molar-refractivity contribution in [3.63, 3.8) is 0 Å². The minimum absolute atomic E-state index is 0.150. The number of ether oxygens (including phenoxy) is 1. The summed E-state index contributed by atoms with van der Waals surface area (Å²) in [6.45, 7) is 3.48. The van der Waals surface area contributed by atoms with Gasteiger partial charge in [0.25, 0.3) is 0 Å². The molecule has 3 rings (SSSR count). The first kappa shape index (κ1) is 11.7. The van der Waals surface area contributed by atoms with Gasteiger partial charge in [-0.15, -0.1) is 0 Å². The summed E-state index contributed by atoms with van der Waals surface area (Å²) >= 11 is 0. The van der Waals surface area contributed by atoms with Crippen molar-refractivity contribution in [1.29, 1.82) is 0 Å². The highest BCUT2D eigenvalue weighted by molar-refractivity contribution is 6.26. The number of nitrogens with zero attached hydrogens (tertiary/aromatic N) is 1. The van der Waals surface area contributed by atoms with E-state index in [9.17, 15) is 9.59 Å². The molecule has 4 nitrogen and oxygen atoms in total. The normalized spacial score (nSPS) is 15.1. The molecule has 0 N–H and O–H groups in total. The predicted octanol–water partition coefficient (Wildman–Crippen LogP) is 2.55. The highest BCUT2D eigenvalue weighted by Gasteiger charge is 2.35. The van der Waals surface area contributed by atoms with Gasteiger partial charge in [0, 0.05) is 17.3 Å². The number of aromatic nitrogens is 1. The van der Waals surface area contributed by atoms with Crippen molar-refractivity contribution in [3.8, 4) is 0 Å². The van der Waals surface area contributed by atoms with Gasteiger partial charge in [0.05, 0.1) is 12.7 Å². The standard InChI is InChI=1S/C15H13NO3/c1-8-10-6-4-5-7-16(10)12-11(8)14(18)15(19-3)9(2)13(12)17/h4-7H,1-3H3/i6+1. The molecule has 0 bridgehead atoms. The zero-order chi connectivity index (χ0) is 13.7. The van der Waals surface area contributed by atoms with Gasteiger partial charge in [-0.25, -0.2) is 0 Å². The lowest BCUT2D eigenvalue weighted by Crippen LogP contribution is -2.22. The molecule has 96 valence electrons. The van der Waals surface area contributed by atoms with Gasteiger partial charge in [0.1, 0.15) is 5.69 Å². The van der Waals surface area contributed by atoms with E-state index in [1.807, 2.05) is 25.1 Å². The number of carbonyl (C=O) groups is 2. The highest BCUT2D eigenvalue weighted by Crippen LogP contribution is 2.32.